The van der Waals surface area contributed by atoms with E-state index in [1.807, 2.05) is 19.2 Å². The third-order valence-electron chi connectivity index (χ3n) is 2.87. The van der Waals surface area contributed by atoms with Crippen molar-refractivity contribution in [1.29, 1.82) is 0 Å². The van der Waals surface area contributed by atoms with E-state index in [0.29, 0.717) is 11.6 Å². The predicted molar refractivity (Wildman–Crippen MR) is 76.8 cm³/mol. The summed E-state index contributed by atoms with van der Waals surface area (Å²) >= 11 is 5.08. The van der Waals surface area contributed by atoms with Crippen LogP contribution in [0.4, 0.5) is 5.69 Å². The molecule has 0 aliphatic rings. The zero-order valence-corrected chi connectivity index (χ0v) is 11.7. The number of rotatable bonds is 5. The van der Waals surface area contributed by atoms with Gasteiger partial charge in [-0.15, -0.1) is 0 Å². The maximum atomic E-state index is 5.75. The lowest BCUT2D eigenvalue weighted by molar-refractivity contribution is 0.183. The summed E-state index contributed by atoms with van der Waals surface area (Å²) < 4.78 is 5.17. The Labute approximate surface area is 109 Å². The molecule has 1 aromatic carbocycles. The molecule has 0 spiro atoms. The minimum absolute atomic E-state index is 0.273. The lowest BCUT2D eigenvalue weighted by Crippen LogP contribution is -2.34. The van der Waals surface area contributed by atoms with E-state index >= 15 is 0 Å². The van der Waals surface area contributed by atoms with Crippen molar-refractivity contribution in [2.75, 3.05) is 25.7 Å². The van der Waals surface area contributed by atoms with Gasteiger partial charge in [0.2, 0.25) is 0 Å². The van der Waals surface area contributed by atoms with E-state index in [4.69, 9.17) is 22.7 Å². The smallest absolute Gasteiger partial charge is 0.106 e. The van der Waals surface area contributed by atoms with Crippen LogP contribution < -0.4 is 10.6 Å². The summed E-state index contributed by atoms with van der Waals surface area (Å²) in [5.41, 5.74) is 8.91. The van der Waals surface area contributed by atoms with Crippen molar-refractivity contribution >= 4 is 22.9 Å². The second-order valence-corrected chi connectivity index (χ2v) is 4.74. The lowest BCUT2D eigenvalue weighted by Gasteiger charge is -2.28. The maximum Gasteiger partial charge on any atom is 0.106 e. The highest BCUT2D eigenvalue weighted by atomic mass is 32.1. The Kier molecular flexibility index (Phi) is 4.90. The van der Waals surface area contributed by atoms with Gasteiger partial charge < -0.3 is 15.4 Å². The minimum atomic E-state index is 0.273. The van der Waals surface area contributed by atoms with E-state index in [1.54, 1.807) is 7.11 Å². The first-order valence-electron chi connectivity index (χ1n) is 5.59. The van der Waals surface area contributed by atoms with E-state index < -0.39 is 0 Å². The molecule has 0 aliphatic heterocycles. The van der Waals surface area contributed by atoms with Crippen LogP contribution in [0.2, 0.25) is 0 Å². The van der Waals surface area contributed by atoms with Gasteiger partial charge in [-0.05, 0) is 31.5 Å². The zero-order valence-electron chi connectivity index (χ0n) is 10.9. The first kappa shape index (κ1) is 13.9. The summed E-state index contributed by atoms with van der Waals surface area (Å²) in [6.07, 6.45) is 0. The fourth-order valence-electron chi connectivity index (χ4n) is 1.73. The van der Waals surface area contributed by atoms with Gasteiger partial charge in [0, 0.05) is 31.5 Å². The average Bonchev–Trinajstić information content (AvgIpc) is 2.27. The topological polar surface area (TPSA) is 38.5 Å². The zero-order chi connectivity index (χ0) is 13.0. The molecule has 2 N–H and O–H groups in total. The molecule has 0 heterocycles. The maximum absolute atomic E-state index is 5.75. The van der Waals surface area contributed by atoms with E-state index in [9.17, 15) is 0 Å². The Hall–Kier alpha value is -1.13. The fraction of sp³-hybridized carbons (Fsp3) is 0.462. The standard InChI is InChI=1S/C13H20N2OS/c1-9-5-6-11(13(14)17)12(7-9)15(3)10(2)8-16-4/h5-7,10H,8H2,1-4H3,(H2,14,17). The van der Waals surface area contributed by atoms with Crippen molar-refractivity contribution < 1.29 is 4.74 Å². The molecule has 0 radical (unpaired) electrons. The van der Waals surface area contributed by atoms with Gasteiger partial charge in [0.25, 0.3) is 0 Å². The van der Waals surface area contributed by atoms with Crippen LogP contribution in [0.25, 0.3) is 0 Å². The number of hydrogen-bond acceptors (Lipinski definition) is 3. The monoisotopic (exact) mass is 252 g/mol. The van der Waals surface area contributed by atoms with Crippen LogP contribution >= 0.6 is 12.2 Å². The van der Waals surface area contributed by atoms with Crippen molar-refractivity contribution in [2.24, 2.45) is 5.73 Å². The number of hydrogen-bond donors (Lipinski definition) is 1. The van der Waals surface area contributed by atoms with Gasteiger partial charge in [-0.1, -0.05) is 18.3 Å². The first-order chi connectivity index (χ1) is 7.97. The summed E-state index contributed by atoms with van der Waals surface area (Å²) in [6.45, 7) is 4.83. The van der Waals surface area contributed by atoms with Crippen LogP contribution in [0.3, 0.4) is 0 Å². The molecule has 0 fully saturated rings. The van der Waals surface area contributed by atoms with Gasteiger partial charge in [0.15, 0.2) is 0 Å². The van der Waals surface area contributed by atoms with Gasteiger partial charge in [-0.2, -0.15) is 0 Å². The molecule has 0 saturated carbocycles. The number of thiocarbonyl (C=S) groups is 1. The molecule has 1 aromatic rings. The normalized spacial score (nSPS) is 12.2. The number of nitrogens with two attached hydrogens (primary N) is 1. The van der Waals surface area contributed by atoms with Crippen LogP contribution in [0.5, 0.6) is 0 Å². The summed E-state index contributed by atoms with van der Waals surface area (Å²) in [5, 5.41) is 0. The number of nitrogens with zero attached hydrogens (tertiary/aromatic N) is 1. The molecule has 0 aliphatic carbocycles. The molecule has 0 aromatic heterocycles. The van der Waals surface area contributed by atoms with Gasteiger partial charge in [0.1, 0.15) is 4.99 Å². The molecule has 1 rings (SSSR count). The molecular weight excluding hydrogens is 232 g/mol. The third-order valence-corrected chi connectivity index (χ3v) is 3.09. The number of anilines is 1. The molecule has 1 unspecified atom stereocenters. The van der Waals surface area contributed by atoms with Crippen LogP contribution in [0, 0.1) is 6.92 Å². The molecule has 3 nitrogen and oxygen atoms in total. The molecule has 94 valence electrons. The molecular formula is C13H20N2OS. The van der Waals surface area contributed by atoms with E-state index in [-0.39, 0.29) is 6.04 Å². The van der Waals surface area contributed by atoms with Crippen molar-refractivity contribution in [3.05, 3.63) is 29.3 Å². The Morgan fingerprint density at radius 1 is 1.53 bits per heavy atom. The number of ether oxygens (including phenoxy) is 1. The third kappa shape index (κ3) is 3.41. The average molecular weight is 252 g/mol. The first-order valence-corrected chi connectivity index (χ1v) is 6.00. The van der Waals surface area contributed by atoms with E-state index in [1.165, 1.54) is 5.56 Å². The predicted octanol–water partition coefficient (Wildman–Crippen LogP) is 2.10. The molecule has 0 amide bonds. The van der Waals surface area contributed by atoms with Crippen molar-refractivity contribution in [2.45, 2.75) is 19.9 Å². The molecule has 0 saturated heterocycles. The Bertz CT molecular complexity index is 406. The number of methoxy groups -OCH3 is 1. The number of likely N-dealkylation sites (N-methyl/N-ethyl adjacent to an activating group) is 1. The Morgan fingerprint density at radius 3 is 2.71 bits per heavy atom. The van der Waals surface area contributed by atoms with Gasteiger partial charge in [-0.25, -0.2) is 0 Å². The van der Waals surface area contributed by atoms with Crippen LogP contribution in [0.1, 0.15) is 18.1 Å². The van der Waals surface area contributed by atoms with Crippen LogP contribution in [-0.4, -0.2) is 31.8 Å². The quantitative estimate of drug-likeness (QED) is 0.815. The molecule has 17 heavy (non-hydrogen) atoms. The Morgan fingerprint density at radius 2 is 2.18 bits per heavy atom. The Balaban J connectivity index is 3.10. The highest BCUT2D eigenvalue weighted by molar-refractivity contribution is 7.80. The van der Waals surface area contributed by atoms with E-state index in [0.717, 1.165) is 11.3 Å². The second kappa shape index (κ2) is 5.98. The molecule has 0 bridgehead atoms. The van der Waals surface area contributed by atoms with Gasteiger partial charge in [0.05, 0.1) is 6.61 Å². The summed E-state index contributed by atoms with van der Waals surface area (Å²) in [4.78, 5) is 2.57. The molecule has 1 atom stereocenters. The van der Waals surface area contributed by atoms with Crippen molar-refractivity contribution in [1.82, 2.24) is 0 Å². The highest BCUT2D eigenvalue weighted by Crippen LogP contribution is 2.23. The molecule has 4 heteroatoms. The fourth-order valence-corrected chi connectivity index (χ4v) is 1.90. The lowest BCUT2D eigenvalue weighted by atomic mass is 10.1. The largest absolute Gasteiger partial charge is 0.389 e. The highest BCUT2D eigenvalue weighted by Gasteiger charge is 2.14. The summed E-state index contributed by atoms with van der Waals surface area (Å²) in [5.74, 6) is 0. The summed E-state index contributed by atoms with van der Waals surface area (Å²) in [6, 6.07) is 6.37. The number of aryl methyl sites for hydroxylation is 1. The van der Waals surface area contributed by atoms with Crippen LogP contribution in [0.15, 0.2) is 18.2 Å². The van der Waals surface area contributed by atoms with Crippen molar-refractivity contribution in [3.63, 3.8) is 0 Å². The second-order valence-electron chi connectivity index (χ2n) is 4.30. The SMILES string of the molecule is COCC(C)N(C)c1cc(C)ccc1C(N)=S. The summed E-state index contributed by atoms with van der Waals surface area (Å²) in [7, 11) is 3.73. The van der Waals surface area contributed by atoms with Gasteiger partial charge >= 0.3 is 0 Å². The van der Waals surface area contributed by atoms with Gasteiger partial charge in [-0.3, -0.25) is 0 Å². The number of benzene rings is 1. The minimum Gasteiger partial charge on any atom is -0.389 e. The van der Waals surface area contributed by atoms with Crippen LogP contribution in [-0.2, 0) is 4.74 Å². The van der Waals surface area contributed by atoms with E-state index in [2.05, 4.69) is 24.8 Å². The van der Waals surface area contributed by atoms with Crippen molar-refractivity contribution in [3.8, 4) is 0 Å².